The van der Waals surface area contributed by atoms with Crippen molar-refractivity contribution in [1.82, 2.24) is 10.1 Å². The zero-order valence-corrected chi connectivity index (χ0v) is 12.8. The minimum Gasteiger partial charge on any atom is -0.339 e. The summed E-state index contributed by atoms with van der Waals surface area (Å²) in [5.74, 6) is 1.09. The number of nitrogens with zero attached hydrogens (tertiary/aromatic N) is 2. The van der Waals surface area contributed by atoms with Crippen LogP contribution in [0.1, 0.15) is 22.8 Å². The molecule has 5 nitrogen and oxygen atoms in total. The van der Waals surface area contributed by atoms with Crippen LogP contribution in [-0.2, 0) is 17.6 Å². The number of carbonyl (C=O) groups is 1. The number of rotatable bonds is 5. The smallest absolute Gasteiger partial charge is 0.231 e. The van der Waals surface area contributed by atoms with Crippen LogP contribution in [-0.4, -0.2) is 16.0 Å². The third-order valence-electron chi connectivity index (χ3n) is 3.41. The number of benzene rings is 2. The fraction of sp³-hybridized carbons (Fsp3) is 0.167. The molecule has 0 aliphatic carbocycles. The van der Waals surface area contributed by atoms with E-state index in [4.69, 9.17) is 4.52 Å². The first-order valence-electron chi connectivity index (χ1n) is 7.41. The number of amides is 1. The number of nitrogens with one attached hydrogen (secondary N) is 1. The first-order chi connectivity index (χ1) is 11.2. The normalized spacial score (nSPS) is 10.5. The Hall–Kier alpha value is -2.95. The molecule has 0 aliphatic rings. The summed E-state index contributed by atoms with van der Waals surface area (Å²) in [5.41, 5.74) is 2.69. The van der Waals surface area contributed by atoms with Crippen molar-refractivity contribution in [1.29, 1.82) is 0 Å². The standard InChI is InChI=1S/C18H17N3O2/c1-13-19-18(23-21-13)12-15-9-5-6-10-16(15)20-17(22)11-14-7-3-2-4-8-14/h2-10H,11-12H2,1H3,(H,20,22). The fourth-order valence-corrected chi connectivity index (χ4v) is 2.35. The van der Waals surface area contributed by atoms with Crippen LogP contribution >= 0.6 is 0 Å². The molecule has 0 fully saturated rings. The molecule has 0 saturated heterocycles. The number of hydrogen-bond donors (Lipinski definition) is 1. The average molecular weight is 307 g/mol. The van der Waals surface area contributed by atoms with Gasteiger partial charge in [-0.25, -0.2) is 0 Å². The van der Waals surface area contributed by atoms with Gasteiger partial charge in [0, 0.05) is 5.69 Å². The summed E-state index contributed by atoms with van der Waals surface area (Å²) < 4.78 is 5.15. The summed E-state index contributed by atoms with van der Waals surface area (Å²) in [5, 5.41) is 6.74. The lowest BCUT2D eigenvalue weighted by atomic mass is 10.1. The van der Waals surface area contributed by atoms with E-state index in [9.17, 15) is 4.79 Å². The molecule has 0 saturated carbocycles. The van der Waals surface area contributed by atoms with E-state index in [1.54, 1.807) is 6.92 Å². The first kappa shape index (κ1) is 15.0. The number of aryl methyl sites for hydroxylation is 1. The van der Waals surface area contributed by atoms with Crippen LogP contribution in [0.4, 0.5) is 5.69 Å². The predicted molar refractivity (Wildman–Crippen MR) is 87.1 cm³/mol. The van der Waals surface area contributed by atoms with Crippen LogP contribution in [0, 0.1) is 6.92 Å². The minimum atomic E-state index is -0.0506. The molecule has 23 heavy (non-hydrogen) atoms. The van der Waals surface area contributed by atoms with Gasteiger partial charge in [0.25, 0.3) is 0 Å². The fourth-order valence-electron chi connectivity index (χ4n) is 2.35. The Bertz CT molecular complexity index is 797. The molecule has 0 spiro atoms. The van der Waals surface area contributed by atoms with E-state index in [0.717, 1.165) is 16.8 Å². The number of para-hydroxylation sites is 1. The highest BCUT2D eigenvalue weighted by Gasteiger charge is 2.11. The summed E-state index contributed by atoms with van der Waals surface area (Å²) in [4.78, 5) is 16.4. The SMILES string of the molecule is Cc1noc(Cc2ccccc2NC(=O)Cc2ccccc2)n1. The van der Waals surface area contributed by atoms with Crippen LogP contribution in [0.15, 0.2) is 59.1 Å². The van der Waals surface area contributed by atoms with Crippen LogP contribution in [0.2, 0.25) is 0 Å². The molecule has 1 aromatic heterocycles. The number of aromatic nitrogens is 2. The topological polar surface area (TPSA) is 68.0 Å². The molecular weight excluding hydrogens is 290 g/mol. The first-order valence-corrected chi connectivity index (χ1v) is 7.41. The average Bonchev–Trinajstić information content (AvgIpc) is 2.95. The van der Waals surface area contributed by atoms with Gasteiger partial charge in [-0.3, -0.25) is 4.79 Å². The lowest BCUT2D eigenvalue weighted by molar-refractivity contribution is -0.115. The van der Waals surface area contributed by atoms with E-state index in [-0.39, 0.29) is 5.91 Å². The van der Waals surface area contributed by atoms with Gasteiger partial charge in [-0.15, -0.1) is 0 Å². The maximum Gasteiger partial charge on any atom is 0.231 e. The van der Waals surface area contributed by atoms with Crippen molar-refractivity contribution in [2.24, 2.45) is 0 Å². The summed E-state index contributed by atoms with van der Waals surface area (Å²) in [6.45, 7) is 1.78. The van der Waals surface area contributed by atoms with E-state index in [1.807, 2.05) is 54.6 Å². The summed E-state index contributed by atoms with van der Waals surface area (Å²) >= 11 is 0. The molecule has 1 N–H and O–H groups in total. The zero-order valence-electron chi connectivity index (χ0n) is 12.8. The zero-order chi connectivity index (χ0) is 16.1. The molecule has 116 valence electrons. The summed E-state index contributed by atoms with van der Waals surface area (Å²) in [6.07, 6.45) is 0.831. The Morgan fingerprint density at radius 1 is 1.09 bits per heavy atom. The van der Waals surface area contributed by atoms with Crippen LogP contribution in [0.5, 0.6) is 0 Å². The molecule has 0 unspecified atom stereocenters. The lowest BCUT2D eigenvalue weighted by Crippen LogP contribution is -2.15. The van der Waals surface area contributed by atoms with Crippen molar-refractivity contribution in [3.63, 3.8) is 0 Å². The molecule has 0 atom stereocenters. The van der Waals surface area contributed by atoms with E-state index in [1.165, 1.54) is 0 Å². The number of anilines is 1. The van der Waals surface area contributed by atoms with Gasteiger partial charge in [0.1, 0.15) is 0 Å². The quantitative estimate of drug-likeness (QED) is 0.786. The Morgan fingerprint density at radius 2 is 1.83 bits per heavy atom. The second kappa shape index (κ2) is 6.87. The van der Waals surface area contributed by atoms with Crippen LogP contribution in [0.25, 0.3) is 0 Å². The highest BCUT2D eigenvalue weighted by atomic mass is 16.5. The highest BCUT2D eigenvalue weighted by molar-refractivity contribution is 5.93. The van der Waals surface area contributed by atoms with Gasteiger partial charge in [-0.2, -0.15) is 4.98 Å². The van der Waals surface area contributed by atoms with E-state index >= 15 is 0 Å². The van der Waals surface area contributed by atoms with Gasteiger partial charge >= 0.3 is 0 Å². The highest BCUT2D eigenvalue weighted by Crippen LogP contribution is 2.19. The summed E-state index contributed by atoms with van der Waals surface area (Å²) in [7, 11) is 0. The molecule has 3 aromatic rings. The second-order valence-electron chi connectivity index (χ2n) is 5.28. The van der Waals surface area contributed by atoms with Gasteiger partial charge in [0.15, 0.2) is 5.82 Å². The molecule has 0 bridgehead atoms. The van der Waals surface area contributed by atoms with Gasteiger partial charge < -0.3 is 9.84 Å². The number of hydrogen-bond acceptors (Lipinski definition) is 4. The van der Waals surface area contributed by atoms with E-state index in [2.05, 4.69) is 15.5 Å². The van der Waals surface area contributed by atoms with Gasteiger partial charge in [0.2, 0.25) is 11.8 Å². The second-order valence-corrected chi connectivity index (χ2v) is 5.28. The third kappa shape index (κ3) is 4.03. The monoisotopic (exact) mass is 307 g/mol. The summed E-state index contributed by atoms with van der Waals surface area (Å²) in [6, 6.07) is 17.3. The molecule has 5 heteroatoms. The molecule has 1 heterocycles. The number of carbonyl (C=O) groups excluding carboxylic acids is 1. The van der Waals surface area contributed by atoms with Crippen molar-refractivity contribution in [3.05, 3.63) is 77.4 Å². The maximum atomic E-state index is 12.2. The molecule has 3 rings (SSSR count). The Kier molecular flexibility index (Phi) is 4.47. The van der Waals surface area contributed by atoms with Crippen LogP contribution in [0.3, 0.4) is 0 Å². The van der Waals surface area contributed by atoms with E-state index < -0.39 is 0 Å². The molecule has 2 aromatic carbocycles. The molecular formula is C18H17N3O2. The predicted octanol–water partition coefficient (Wildman–Crippen LogP) is 3.15. The third-order valence-corrected chi connectivity index (χ3v) is 3.41. The Morgan fingerprint density at radius 3 is 2.57 bits per heavy atom. The Labute approximate surface area is 134 Å². The van der Waals surface area contributed by atoms with Crippen LogP contribution < -0.4 is 5.32 Å². The molecule has 0 aliphatic heterocycles. The maximum absolute atomic E-state index is 12.2. The Balaban J connectivity index is 1.71. The van der Waals surface area contributed by atoms with Crippen molar-refractivity contribution in [2.75, 3.05) is 5.32 Å². The largest absolute Gasteiger partial charge is 0.339 e. The molecule has 0 radical (unpaired) electrons. The molecule has 1 amide bonds. The van der Waals surface area contributed by atoms with E-state index in [0.29, 0.717) is 24.6 Å². The van der Waals surface area contributed by atoms with Gasteiger partial charge in [-0.05, 0) is 24.1 Å². The van der Waals surface area contributed by atoms with Gasteiger partial charge in [-0.1, -0.05) is 53.7 Å². The van der Waals surface area contributed by atoms with Crippen molar-refractivity contribution in [2.45, 2.75) is 19.8 Å². The van der Waals surface area contributed by atoms with Gasteiger partial charge in [0.05, 0.1) is 12.8 Å². The lowest BCUT2D eigenvalue weighted by Gasteiger charge is -2.10. The van der Waals surface area contributed by atoms with Crippen molar-refractivity contribution < 1.29 is 9.32 Å². The minimum absolute atomic E-state index is 0.0506. The van der Waals surface area contributed by atoms with Crippen molar-refractivity contribution >= 4 is 11.6 Å². The van der Waals surface area contributed by atoms with Crippen molar-refractivity contribution in [3.8, 4) is 0 Å².